The lowest BCUT2D eigenvalue weighted by molar-refractivity contribution is -0.128. The summed E-state index contributed by atoms with van der Waals surface area (Å²) in [5, 5.41) is 7.74. The van der Waals surface area contributed by atoms with Crippen LogP contribution in [-0.4, -0.2) is 57.2 Å². The maximum atomic E-state index is 12.0. The van der Waals surface area contributed by atoms with Crippen LogP contribution in [0.5, 0.6) is 0 Å². The quantitative estimate of drug-likeness (QED) is 0.917. The van der Waals surface area contributed by atoms with Gasteiger partial charge in [0.1, 0.15) is 5.52 Å². The molecule has 0 radical (unpaired) electrons. The van der Waals surface area contributed by atoms with Crippen molar-refractivity contribution in [3.63, 3.8) is 0 Å². The number of nitrogens with zero attached hydrogens (tertiary/aromatic N) is 5. The third kappa shape index (κ3) is 3.40. The highest BCUT2D eigenvalue weighted by Crippen LogP contribution is 2.29. The molecule has 1 fully saturated rings. The summed E-state index contributed by atoms with van der Waals surface area (Å²) in [6.45, 7) is 8.95. The van der Waals surface area contributed by atoms with Gasteiger partial charge in [0.05, 0.1) is 12.2 Å². The first-order valence-electron chi connectivity index (χ1n) is 8.50. The van der Waals surface area contributed by atoms with Gasteiger partial charge in [0.25, 0.3) is 0 Å². The van der Waals surface area contributed by atoms with Crippen molar-refractivity contribution in [2.24, 2.45) is 5.41 Å². The first kappa shape index (κ1) is 16.8. The molecule has 24 heavy (non-hydrogen) atoms. The third-order valence-electron chi connectivity index (χ3n) is 4.46. The van der Waals surface area contributed by atoms with Gasteiger partial charge in [0, 0.05) is 36.8 Å². The summed E-state index contributed by atoms with van der Waals surface area (Å²) in [6, 6.07) is 0. The van der Waals surface area contributed by atoms with Crippen LogP contribution in [0.3, 0.4) is 0 Å². The first-order chi connectivity index (χ1) is 11.4. The van der Waals surface area contributed by atoms with E-state index in [0.717, 1.165) is 36.4 Å². The number of hydrogen-bond acceptors (Lipinski definition) is 5. The fourth-order valence-corrected chi connectivity index (χ4v) is 3.05. The standard InChI is InChI=1S/C17H26N6O/c1-17(2,3)16(24)20-8-10-23-15-14(18-6-7-19-15)13(21-23)12-5-9-22(4)11-12/h6-7,12H,5,8-11H2,1-4H3,(H,20,24)/t12-/m1/s1. The summed E-state index contributed by atoms with van der Waals surface area (Å²) >= 11 is 0. The topological polar surface area (TPSA) is 75.9 Å². The minimum absolute atomic E-state index is 0.0442. The number of aromatic nitrogens is 4. The molecule has 1 atom stereocenters. The van der Waals surface area contributed by atoms with Crippen molar-refractivity contribution in [2.75, 3.05) is 26.7 Å². The van der Waals surface area contributed by atoms with E-state index in [4.69, 9.17) is 5.10 Å². The maximum absolute atomic E-state index is 12.0. The zero-order chi connectivity index (χ0) is 17.3. The molecule has 130 valence electrons. The molecule has 1 saturated heterocycles. The fraction of sp³-hybridized carbons (Fsp3) is 0.647. The van der Waals surface area contributed by atoms with Crippen molar-refractivity contribution in [1.29, 1.82) is 0 Å². The van der Waals surface area contributed by atoms with Gasteiger partial charge in [-0.05, 0) is 20.0 Å². The number of rotatable bonds is 4. The molecule has 3 rings (SSSR count). The molecule has 7 heteroatoms. The largest absolute Gasteiger partial charge is 0.354 e. The van der Waals surface area contributed by atoms with Crippen molar-refractivity contribution >= 4 is 17.1 Å². The summed E-state index contributed by atoms with van der Waals surface area (Å²) in [5.41, 5.74) is 2.34. The van der Waals surface area contributed by atoms with Crippen molar-refractivity contribution in [1.82, 2.24) is 30.0 Å². The Morgan fingerprint density at radius 3 is 2.75 bits per heavy atom. The Balaban J connectivity index is 1.77. The Hall–Kier alpha value is -2.02. The molecule has 1 aliphatic heterocycles. The summed E-state index contributed by atoms with van der Waals surface area (Å²) < 4.78 is 1.87. The zero-order valence-electron chi connectivity index (χ0n) is 14.9. The van der Waals surface area contributed by atoms with Crippen LogP contribution in [0.2, 0.25) is 0 Å². The molecule has 0 unspecified atom stereocenters. The van der Waals surface area contributed by atoms with Crippen LogP contribution in [0.1, 0.15) is 38.8 Å². The van der Waals surface area contributed by atoms with E-state index in [9.17, 15) is 4.79 Å². The molecule has 0 aliphatic carbocycles. The van der Waals surface area contributed by atoms with Crippen molar-refractivity contribution < 1.29 is 4.79 Å². The van der Waals surface area contributed by atoms with E-state index >= 15 is 0 Å². The van der Waals surface area contributed by atoms with E-state index in [-0.39, 0.29) is 11.3 Å². The van der Waals surface area contributed by atoms with Gasteiger partial charge in [-0.2, -0.15) is 5.10 Å². The third-order valence-corrected chi connectivity index (χ3v) is 4.46. The number of likely N-dealkylation sites (N-methyl/N-ethyl adjacent to an activating group) is 1. The van der Waals surface area contributed by atoms with Crippen LogP contribution >= 0.6 is 0 Å². The number of fused-ring (bicyclic) bond motifs is 1. The SMILES string of the molecule is CN1CC[C@@H](c2nn(CCNC(=O)C(C)(C)C)c3nccnc23)C1. The highest BCUT2D eigenvalue weighted by atomic mass is 16.2. The lowest BCUT2D eigenvalue weighted by atomic mass is 9.96. The average molecular weight is 330 g/mol. The molecular weight excluding hydrogens is 304 g/mol. The van der Waals surface area contributed by atoms with Crippen LogP contribution in [-0.2, 0) is 11.3 Å². The van der Waals surface area contributed by atoms with Gasteiger partial charge in [0.2, 0.25) is 5.91 Å². The predicted molar refractivity (Wildman–Crippen MR) is 92.6 cm³/mol. The number of carbonyl (C=O) groups excluding carboxylic acids is 1. The average Bonchev–Trinajstić information content (AvgIpc) is 3.10. The van der Waals surface area contributed by atoms with E-state index in [1.807, 2.05) is 25.5 Å². The van der Waals surface area contributed by atoms with E-state index in [1.165, 1.54) is 0 Å². The second-order valence-electron chi connectivity index (χ2n) is 7.59. The summed E-state index contributed by atoms with van der Waals surface area (Å²) in [6.07, 6.45) is 4.51. The minimum Gasteiger partial charge on any atom is -0.354 e. The predicted octanol–water partition coefficient (Wildman–Crippen LogP) is 1.41. The highest BCUT2D eigenvalue weighted by molar-refractivity contribution is 5.81. The van der Waals surface area contributed by atoms with Crippen molar-refractivity contribution in [3.8, 4) is 0 Å². The van der Waals surface area contributed by atoms with Gasteiger partial charge in [-0.15, -0.1) is 0 Å². The second kappa shape index (κ2) is 6.47. The Kier molecular flexibility index (Phi) is 4.54. The van der Waals surface area contributed by atoms with Crippen LogP contribution in [0.25, 0.3) is 11.2 Å². The molecule has 2 aromatic rings. The van der Waals surface area contributed by atoms with Gasteiger partial charge in [-0.3, -0.25) is 4.79 Å². The van der Waals surface area contributed by atoms with E-state index in [2.05, 4.69) is 27.2 Å². The van der Waals surface area contributed by atoms with Crippen LogP contribution in [0.4, 0.5) is 0 Å². The number of hydrogen-bond donors (Lipinski definition) is 1. The fourth-order valence-electron chi connectivity index (χ4n) is 3.05. The van der Waals surface area contributed by atoms with Crippen LogP contribution in [0, 0.1) is 5.41 Å². The normalized spacial score (nSPS) is 19.1. The summed E-state index contributed by atoms with van der Waals surface area (Å²) in [7, 11) is 2.13. The van der Waals surface area contributed by atoms with E-state index < -0.39 is 0 Å². The van der Waals surface area contributed by atoms with E-state index in [1.54, 1.807) is 12.4 Å². The van der Waals surface area contributed by atoms with Gasteiger partial charge >= 0.3 is 0 Å². The Labute approximate surface area is 142 Å². The lowest BCUT2D eigenvalue weighted by Gasteiger charge is -2.17. The second-order valence-corrected chi connectivity index (χ2v) is 7.59. The Bertz CT molecular complexity index is 732. The molecule has 1 N–H and O–H groups in total. The summed E-state index contributed by atoms with van der Waals surface area (Å²) in [5.74, 6) is 0.447. The van der Waals surface area contributed by atoms with Crippen LogP contribution < -0.4 is 5.32 Å². The summed E-state index contributed by atoms with van der Waals surface area (Å²) in [4.78, 5) is 23.3. The number of amides is 1. The van der Waals surface area contributed by atoms with Crippen molar-refractivity contribution in [2.45, 2.75) is 39.7 Å². The highest BCUT2D eigenvalue weighted by Gasteiger charge is 2.27. The molecule has 1 aliphatic rings. The number of carbonyl (C=O) groups is 1. The first-order valence-corrected chi connectivity index (χ1v) is 8.50. The molecule has 3 heterocycles. The Morgan fingerprint density at radius 2 is 2.08 bits per heavy atom. The van der Waals surface area contributed by atoms with Gasteiger partial charge < -0.3 is 10.2 Å². The smallest absolute Gasteiger partial charge is 0.225 e. The molecule has 2 aromatic heterocycles. The molecule has 1 amide bonds. The number of nitrogens with one attached hydrogen (secondary N) is 1. The zero-order valence-corrected chi connectivity index (χ0v) is 14.9. The lowest BCUT2D eigenvalue weighted by Crippen LogP contribution is -2.36. The van der Waals surface area contributed by atoms with Gasteiger partial charge in [-0.1, -0.05) is 20.8 Å². The number of likely N-dealkylation sites (tertiary alicyclic amines) is 1. The molecule has 0 bridgehead atoms. The molecule has 0 aromatic carbocycles. The van der Waals surface area contributed by atoms with Crippen molar-refractivity contribution in [3.05, 3.63) is 18.1 Å². The molecule has 0 spiro atoms. The van der Waals surface area contributed by atoms with Crippen LogP contribution in [0.15, 0.2) is 12.4 Å². The Morgan fingerprint density at radius 1 is 1.33 bits per heavy atom. The maximum Gasteiger partial charge on any atom is 0.225 e. The van der Waals surface area contributed by atoms with Gasteiger partial charge in [0.15, 0.2) is 5.65 Å². The molecule has 0 saturated carbocycles. The molecule has 7 nitrogen and oxygen atoms in total. The minimum atomic E-state index is -0.383. The van der Waals surface area contributed by atoms with Gasteiger partial charge in [-0.25, -0.2) is 14.6 Å². The molecular formula is C17H26N6O. The monoisotopic (exact) mass is 330 g/mol. The van der Waals surface area contributed by atoms with E-state index in [0.29, 0.717) is 19.0 Å².